The number of nitrogens with zero attached hydrogens (tertiary/aromatic N) is 2. The summed E-state index contributed by atoms with van der Waals surface area (Å²) in [6.07, 6.45) is 2.53. The molecule has 0 spiro atoms. The molecular formula is C15H23N3O2. The first-order valence-electron chi connectivity index (χ1n) is 7.18. The predicted molar refractivity (Wildman–Crippen MR) is 79.4 cm³/mol. The highest BCUT2D eigenvalue weighted by molar-refractivity contribution is 5.95. The van der Waals surface area contributed by atoms with Crippen LogP contribution in [0.5, 0.6) is 0 Å². The van der Waals surface area contributed by atoms with Crippen LogP contribution in [0.1, 0.15) is 41.5 Å². The lowest BCUT2D eigenvalue weighted by atomic mass is 10.1. The number of carbonyl (C=O) groups is 1. The second kappa shape index (κ2) is 6.22. The van der Waals surface area contributed by atoms with E-state index in [0.717, 1.165) is 25.3 Å². The van der Waals surface area contributed by atoms with Crippen LogP contribution in [0, 0.1) is 13.8 Å². The van der Waals surface area contributed by atoms with Crippen LogP contribution >= 0.6 is 0 Å². The Morgan fingerprint density at radius 2 is 2.10 bits per heavy atom. The Bertz CT molecular complexity index is 496. The molecule has 1 aliphatic heterocycles. The number of aromatic nitrogens is 1. The molecule has 1 unspecified atom stereocenters. The molecular weight excluding hydrogens is 254 g/mol. The fourth-order valence-electron chi connectivity index (χ4n) is 2.88. The number of aryl methyl sites for hydroxylation is 2. The van der Waals surface area contributed by atoms with E-state index >= 15 is 0 Å². The number of likely N-dealkylation sites (tertiary alicyclic amines) is 1. The Morgan fingerprint density at radius 3 is 2.70 bits per heavy atom. The molecule has 0 bridgehead atoms. The van der Waals surface area contributed by atoms with Gasteiger partial charge in [0, 0.05) is 18.3 Å². The van der Waals surface area contributed by atoms with Crippen molar-refractivity contribution in [1.82, 2.24) is 9.88 Å². The van der Waals surface area contributed by atoms with Gasteiger partial charge in [-0.1, -0.05) is 0 Å². The first kappa shape index (κ1) is 14.8. The summed E-state index contributed by atoms with van der Waals surface area (Å²) in [6, 6.07) is 2.03. The summed E-state index contributed by atoms with van der Waals surface area (Å²) in [4.78, 5) is 18.0. The number of carboxylic acids is 1. The van der Waals surface area contributed by atoms with Crippen molar-refractivity contribution in [3.8, 4) is 0 Å². The van der Waals surface area contributed by atoms with Crippen molar-refractivity contribution in [2.75, 3.05) is 25.0 Å². The third kappa shape index (κ3) is 3.48. The van der Waals surface area contributed by atoms with E-state index < -0.39 is 5.97 Å². The van der Waals surface area contributed by atoms with Gasteiger partial charge in [0.25, 0.3) is 0 Å². The van der Waals surface area contributed by atoms with Gasteiger partial charge >= 0.3 is 5.97 Å². The molecule has 0 amide bonds. The monoisotopic (exact) mass is 277 g/mol. The number of aromatic carboxylic acids is 1. The summed E-state index contributed by atoms with van der Waals surface area (Å²) >= 11 is 0. The smallest absolute Gasteiger partial charge is 0.339 e. The van der Waals surface area contributed by atoms with Gasteiger partial charge in [0.15, 0.2) is 0 Å². The van der Waals surface area contributed by atoms with Gasteiger partial charge in [0.1, 0.15) is 5.56 Å². The first-order chi connectivity index (χ1) is 9.47. The van der Waals surface area contributed by atoms with E-state index in [1.165, 1.54) is 12.8 Å². The minimum atomic E-state index is -0.925. The molecule has 20 heavy (non-hydrogen) atoms. The van der Waals surface area contributed by atoms with Crippen LogP contribution in [-0.4, -0.2) is 46.6 Å². The molecule has 1 aromatic heterocycles. The van der Waals surface area contributed by atoms with E-state index in [4.69, 9.17) is 0 Å². The highest BCUT2D eigenvalue weighted by Crippen LogP contribution is 2.21. The van der Waals surface area contributed by atoms with Crippen molar-refractivity contribution in [3.05, 3.63) is 23.0 Å². The van der Waals surface area contributed by atoms with Crippen LogP contribution in [0.4, 0.5) is 5.69 Å². The zero-order chi connectivity index (χ0) is 14.7. The molecule has 1 atom stereocenters. The fourth-order valence-corrected chi connectivity index (χ4v) is 2.88. The molecule has 5 nitrogen and oxygen atoms in total. The average molecular weight is 277 g/mol. The van der Waals surface area contributed by atoms with Crippen LogP contribution in [0.25, 0.3) is 0 Å². The third-order valence-corrected chi connectivity index (χ3v) is 3.67. The second-order valence-electron chi connectivity index (χ2n) is 5.63. The van der Waals surface area contributed by atoms with E-state index in [1.807, 2.05) is 13.0 Å². The maximum absolute atomic E-state index is 11.4. The maximum Gasteiger partial charge on any atom is 0.339 e. The van der Waals surface area contributed by atoms with Gasteiger partial charge in [0.05, 0.1) is 11.4 Å². The highest BCUT2D eigenvalue weighted by Gasteiger charge is 2.19. The molecule has 1 aromatic rings. The molecule has 2 heterocycles. The topological polar surface area (TPSA) is 65.5 Å². The molecule has 0 aromatic carbocycles. The van der Waals surface area contributed by atoms with Crippen LogP contribution in [0.3, 0.4) is 0 Å². The Balaban J connectivity index is 2.12. The van der Waals surface area contributed by atoms with Crippen LogP contribution in [-0.2, 0) is 0 Å². The molecule has 1 aliphatic rings. The van der Waals surface area contributed by atoms with Crippen molar-refractivity contribution in [1.29, 1.82) is 0 Å². The molecule has 1 saturated heterocycles. The highest BCUT2D eigenvalue weighted by atomic mass is 16.4. The largest absolute Gasteiger partial charge is 0.478 e. The Kier molecular flexibility index (Phi) is 4.60. The van der Waals surface area contributed by atoms with Gasteiger partial charge < -0.3 is 15.3 Å². The molecule has 5 heteroatoms. The number of hydrogen-bond donors (Lipinski definition) is 2. The summed E-state index contributed by atoms with van der Waals surface area (Å²) in [7, 11) is 0. The van der Waals surface area contributed by atoms with Crippen molar-refractivity contribution in [2.24, 2.45) is 0 Å². The first-order valence-corrected chi connectivity index (χ1v) is 7.18. The zero-order valence-corrected chi connectivity index (χ0v) is 12.4. The number of carboxylic acid groups (broad SMARTS) is 1. The molecule has 0 aliphatic carbocycles. The van der Waals surface area contributed by atoms with Crippen LogP contribution in [0.15, 0.2) is 6.07 Å². The van der Waals surface area contributed by atoms with Crippen molar-refractivity contribution in [2.45, 2.75) is 39.7 Å². The normalized spacial score (nSPS) is 17.1. The van der Waals surface area contributed by atoms with Gasteiger partial charge in [-0.15, -0.1) is 0 Å². The van der Waals surface area contributed by atoms with Gasteiger partial charge in [-0.25, -0.2) is 4.79 Å². The Hall–Kier alpha value is -1.62. The zero-order valence-electron chi connectivity index (χ0n) is 12.4. The lowest BCUT2D eigenvalue weighted by Crippen LogP contribution is -2.33. The average Bonchev–Trinajstić information content (AvgIpc) is 2.79. The quantitative estimate of drug-likeness (QED) is 0.864. The maximum atomic E-state index is 11.4. The summed E-state index contributed by atoms with van der Waals surface area (Å²) in [6.45, 7) is 8.95. The minimum absolute atomic E-state index is 0.215. The number of pyridine rings is 1. The Morgan fingerprint density at radius 1 is 1.45 bits per heavy atom. The summed E-state index contributed by atoms with van der Waals surface area (Å²) in [5.74, 6) is -0.925. The van der Waals surface area contributed by atoms with E-state index in [9.17, 15) is 9.90 Å². The molecule has 110 valence electrons. The number of anilines is 1. The lowest BCUT2D eigenvalue weighted by molar-refractivity contribution is 0.0696. The number of hydrogen-bond acceptors (Lipinski definition) is 4. The summed E-state index contributed by atoms with van der Waals surface area (Å²) in [5, 5.41) is 12.7. The standard InChI is InChI=1S/C15H23N3O2/c1-10-8-13(14(15(19)20)12(3)16-10)17-11(2)9-18-6-4-5-7-18/h8,11H,4-7,9H2,1-3H3,(H,16,17)(H,19,20). The molecule has 2 N–H and O–H groups in total. The van der Waals surface area contributed by atoms with Gasteiger partial charge in [-0.2, -0.15) is 0 Å². The van der Waals surface area contributed by atoms with Crippen LogP contribution < -0.4 is 5.32 Å². The van der Waals surface area contributed by atoms with Crippen LogP contribution in [0.2, 0.25) is 0 Å². The number of rotatable bonds is 5. The molecule has 0 radical (unpaired) electrons. The van der Waals surface area contributed by atoms with Crippen molar-refractivity contribution in [3.63, 3.8) is 0 Å². The van der Waals surface area contributed by atoms with Crippen molar-refractivity contribution >= 4 is 11.7 Å². The third-order valence-electron chi connectivity index (χ3n) is 3.67. The van der Waals surface area contributed by atoms with Gasteiger partial charge in [-0.3, -0.25) is 4.98 Å². The molecule has 0 saturated carbocycles. The van der Waals surface area contributed by atoms with E-state index in [1.54, 1.807) is 6.92 Å². The van der Waals surface area contributed by atoms with Crippen molar-refractivity contribution < 1.29 is 9.90 Å². The summed E-state index contributed by atoms with van der Waals surface area (Å²) in [5.41, 5.74) is 2.36. The van der Waals surface area contributed by atoms with E-state index in [0.29, 0.717) is 11.4 Å². The minimum Gasteiger partial charge on any atom is -0.478 e. The predicted octanol–water partition coefficient (Wildman–Crippen LogP) is 2.29. The molecule has 1 fully saturated rings. The Labute approximate surface area is 120 Å². The summed E-state index contributed by atoms with van der Waals surface area (Å²) < 4.78 is 0. The van der Waals surface area contributed by atoms with Gasteiger partial charge in [-0.05, 0) is 52.8 Å². The number of nitrogens with one attached hydrogen (secondary N) is 1. The lowest BCUT2D eigenvalue weighted by Gasteiger charge is -2.23. The van der Waals surface area contributed by atoms with E-state index in [-0.39, 0.29) is 11.6 Å². The van der Waals surface area contributed by atoms with Gasteiger partial charge in [0.2, 0.25) is 0 Å². The fraction of sp³-hybridized carbons (Fsp3) is 0.600. The van der Waals surface area contributed by atoms with E-state index in [2.05, 4.69) is 22.1 Å². The second-order valence-corrected chi connectivity index (χ2v) is 5.63. The molecule has 2 rings (SSSR count). The SMILES string of the molecule is Cc1cc(NC(C)CN2CCCC2)c(C(=O)O)c(C)n1.